The molecule has 0 bridgehead atoms. The zero-order valence-electron chi connectivity index (χ0n) is 19.5. The van der Waals surface area contributed by atoms with Crippen LogP contribution in [0.25, 0.3) is 0 Å². The smallest absolute Gasteiger partial charge is 0.246 e. The van der Waals surface area contributed by atoms with Crippen molar-refractivity contribution >= 4 is 29.5 Å². The number of amides is 5. The summed E-state index contributed by atoms with van der Waals surface area (Å²) in [5.41, 5.74) is 5.93. The van der Waals surface area contributed by atoms with Crippen LogP contribution >= 0.6 is 0 Å². The molecule has 34 heavy (non-hydrogen) atoms. The number of nitrogens with two attached hydrogens (primary N) is 1. The Kier molecular flexibility index (Phi) is 9.54. The predicted molar refractivity (Wildman–Crippen MR) is 120 cm³/mol. The molecule has 1 fully saturated rings. The summed E-state index contributed by atoms with van der Waals surface area (Å²) in [6.07, 6.45) is 3.88. The summed E-state index contributed by atoms with van der Waals surface area (Å²) < 4.78 is 0. The van der Waals surface area contributed by atoms with Gasteiger partial charge in [0.15, 0.2) is 0 Å². The number of aliphatic hydroxyl groups is 1. The van der Waals surface area contributed by atoms with Crippen LogP contribution < -0.4 is 21.7 Å². The molecule has 0 radical (unpaired) electrons. The zero-order chi connectivity index (χ0) is 25.4. The largest absolute Gasteiger partial charge is 0.394 e. The molecular weight excluding hydrogens is 446 g/mol. The number of rotatable bonds is 11. The van der Waals surface area contributed by atoms with E-state index in [-0.39, 0.29) is 24.2 Å². The third kappa shape index (κ3) is 7.01. The summed E-state index contributed by atoms with van der Waals surface area (Å²) in [4.78, 5) is 69.9. The van der Waals surface area contributed by atoms with E-state index >= 15 is 0 Å². The first-order valence-electron chi connectivity index (χ1n) is 11.1. The van der Waals surface area contributed by atoms with E-state index in [1.807, 2.05) is 0 Å². The van der Waals surface area contributed by atoms with Gasteiger partial charge in [-0.15, -0.1) is 0 Å². The van der Waals surface area contributed by atoms with Gasteiger partial charge in [-0.05, 0) is 18.8 Å². The molecule has 1 aromatic heterocycles. The summed E-state index contributed by atoms with van der Waals surface area (Å²) in [6, 6.07) is -4.10. The fourth-order valence-electron chi connectivity index (χ4n) is 3.79. The van der Waals surface area contributed by atoms with Gasteiger partial charge in [0.1, 0.15) is 24.2 Å². The van der Waals surface area contributed by atoms with Crippen LogP contribution in [0.4, 0.5) is 0 Å². The topological polar surface area (TPSA) is 200 Å². The Labute approximate surface area is 197 Å². The molecule has 2 heterocycles. The third-order valence-electron chi connectivity index (χ3n) is 5.58. The third-order valence-corrected chi connectivity index (χ3v) is 5.58. The highest BCUT2D eigenvalue weighted by Crippen LogP contribution is 2.20. The minimum atomic E-state index is -1.36. The van der Waals surface area contributed by atoms with E-state index in [4.69, 9.17) is 5.73 Å². The molecule has 0 aromatic carbocycles. The number of carbonyl (C=O) groups is 5. The highest BCUT2D eigenvalue weighted by molar-refractivity contribution is 5.95. The Hall–Kier alpha value is -3.48. The Bertz CT molecular complexity index is 888. The van der Waals surface area contributed by atoms with Gasteiger partial charge >= 0.3 is 0 Å². The highest BCUT2D eigenvalue weighted by atomic mass is 16.3. The second kappa shape index (κ2) is 12.1. The molecule has 0 aliphatic carbocycles. The van der Waals surface area contributed by atoms with Crippen LogP contribution in [0.2, 0.25) is 0 Å². The number of aromatic amines is 1. The lowest BCUT2D eigenvalue weighted by Gasteiger charge is -2.31. The van der Waals surface area contributed by atoms with Crippen molar-refractivity contribution in [1.29, 1.82) is 0 Å². The van der Waals surface area contributed by atoms with Gasteiger partial charge in [-0.1, -0.05) is 13.8 Å². The molecule has 5 amide bonds. The number of imidazole rings is 1. The molecule has 2 rings (SSSR count). The van der Waals surface area contributed by atoms with Crippen molar-refractivity contribution in [3.05, 3.63) is 18.2 Å². The second-order valence-corrected chi connectivity index (χ2v) is 8.60. The molecule has 188 valence electrons. The first-order valence-corrected chi connectivity index (χ1v) is 11.1. The molecule has 0 unspecified atom stereocenters. The fraction of sp³-hybridized carbons (Fsp3) is 0.619. The number of primary amides is 1. The minimum absolute atomic E-state index is 0.0534. The van der Waals surface area contributed by atoms with Crippen LogP contribution in [0.5, 0.6) is 0 Å². The molecule has 13 nitrogen and oxygen atoms in total. The van der Waals surface area contributed by atoms with Gasteiger partial charge in [-0.25, -0.2) is 4.98 Å². The van der Waals surface area contributed by atoms with E-state index in [9.17, 15) is 29.1 Å². The number of aromatic nitrogens is 2. The average molecular weight is 480 g/mol. The van der Waals surface area contributed by atoms with Crippen LogP contribution in [0, 0.1) is 5.92 Å². The summed E-state index contributed by atoms with van der Waals surface area (Å²) in [5.74, 6) is -3.15. The van der Waals surface area contributed by atoms with Gasteiger partial charge in [0, 0.05) is 31.8 Å². The lowest BCUT2D eigenvalue weighted by atomic mass is 10.0. The average Bonchev–Trinajstić information content (AvgIpc) is 3.46. The second-order valence-electron chi connectivity index (χ2n) is 8.60. The molecule has 1 aromatic rings. The molecule has 0 saturated carbocycles. The SMILES string of the molecule is CC(=O)N[C@H](C(=O)N1CCC[C@H]1C(=O)N[C@H](CO)C(=O)N[C@@H](Cc1cnc[nH]1)C(N)=O)C(C)C. The van der Waals surface area contributed by atoms with Crippen LogP contribution in [-0.4, -0.2) is 86.8 Å². The fourth-order valence-corrected chi connectivity index (χ4v) is 3.79. The number of hydrogen-bond donors (Lipinski definition) is 6. The van der Waals surface area contributed by atoms with Crippen molar-refractivity contribution < 1.29 is 29.1 Å². The molecule has 0 spiro atoms. The summed E-state index contributed by atoms with van der Waals surface area (Å²) >= 11 is 0. The number of aliphatic hydroxyl groups excluding tert-OH is 1. The Balaban J connectivity index is 2.05. The Morgan fingerprint density at radius 2 is 1.91 bits per heavy atom. The lowest BCUT2D eigenvalue weighted by Crippen LogP contribution is -2.59. The van der Waals surface area contributed by atoms with Crippen LogP contribution in [-0.2, 0) is 30.4 Å². The van der Waals surface area contributed by atoms with Crippen molar-refractivity contribution in [2.24, 2.45) is 11.7 Å². The first kappa shape index (κ1) is 26.8. The highest BCUT2D eigenvalue weighted by Gasteiger charge is 2.39. The predicted octanol–water partition coefficient (Wildman–Crippen LogP) is -2.45. The van der Waals surface area contributed by atoms with E-state index < -0.39 is 48.5 Å². The van der Waals surface area contributed by atoms with Gasteiger partial charge in [0.2, 0.25) is 29.5 Å². The molecule has 1 saturated heterocycles. The van der Waals surface area contributed by atoms with Crippen molar-refractivity contribution in [1.82, 2.24) is 30.8 Å². The maximum Gasteiger partial charge on any atom is 0.246 e. The van der Waals surface area contributed by atoms with E-state index in [0.717, 1.165) is 0 Å². The number of likely N-dealkylation sites (tertiary alicyclic amines) is 1. The van der Waals surface area contributed by atoms with Crippen molar-refractivity contribution in [3.63, 3.8) is 0 Å². The quantitative estimate of drug-likeness (QED) is 0.202. The summed E-state index contributed by atoms with van der Waals surface area (Å²) in [5, 5.41) is 17.2. The van der Waals surface area contributed by atoms with Crippen molar-refractivity contribution in [3.8, 4) is 0 Å². The number of nitrogens with zero attached hydrogens (tertiary/aromatic N) is 2. The van der Waals surface area contributed by atoms with Gasteiger partial charge in [-0.3, -0.25) is 24.0 Å². The lowest BCUT2D eigenvalue weighted by molar-refractivity contribution is -0.143. The number of nitrogens with one attached hydrogen (secondary N) is 4. The monoisotopic (exact) mass is 479 g/mol. The van der Waals surface area contributed by atoms with Gasteiger partial charge in [0.05, 0.1) is 12.9 Å². The molecule has 7 N–H and O–H groups in total. The maximum atomic E-state index is 13.0. The minimum Gasteiger partial charge on any atom is -0.394 e. The van der Waals surface area contributed by atoms with E-state index in [2.05, 4.69) is 25.9 Å². The maximum absolute atomic E-state index is 13.0. The summed E-state index contributed by atoms with van der Waals surface area (Å²) in [7, 11) is 0. The van der Waals surface area contributed by atoms with Crippen LogP contribution in [0.15, 0.2) is 12.5 Å². The number of H-pyrrole nitrogens is 1. The van der Waals surface area contributed by atoms with Crippen molar-refractivity contribution in [2.75, 3.05) is 13.2 Å². The molecule has 4 atom stereocenters. The molecule has 1 aliphatic heterocycles. The van der Waals surface area contributed by atoms with Gasteiger partial charge < -0.3 is 36.7 Å². The van der Waals surface area contributed by atoms with Gasteiger partial charge in [0.25, 0.3) is 0 Å². The van der Waals surface area contributed by atoms with Gasteiger partial charge in [-0.2, -0.15) is 0 Å². The number of hydrogen-bond acceptors (Lipinski definition) is 7. The zero-order valence-corrected chi connectivity index (χ0v) is 19.5. The van der Waals surface area contributed by atoms with Crippen LogP contribution in [0.3, 0.4) is 0 Å². The summed E-state index contributed by atoms with van der Waals surface area (Å²) in [6.45, 7) is 4.48. The van der Waals surface area contributed by atoms with E-state index in [0.29, 0.717) is 25.1 Å². The van der Waals surface area contributed by atoms with E-state index in [1.54, 1.807) is 13.8 Å². The molecular formula is C21H33N7O6. The molecule has 1 aliphatic rings. The number of carbonyl (C=O) groups excluding carboxylic acids is 5. The Morgan fingerprint density at radius 1 is 1.21 bits per heavy atom. The van der Waals surface area contributed by atoms with Crippen molar-refractivity contribution in [2.45, 2.75) is 64.2 Å². The van der Waals surface area contributed by atoms with E-state index in [1.165, 1.54) is 24.3 Å². The standard InChI is InChI=1S/C21H33N7O6/c1-11(2)17(25-12(3)30)21(34)28-6-4-5-16(28)20(33)27-15(9-29)19(32)26-14(18(22)31)7-13-8-23-10-24-13/h8,10-11,14-17,29H,4-7,9H2,1-3H3,(H2,22,31)(H,23,24)(H,25,30)(H,26,32)(H,27,33)/t14-,15+,16-,17-/m0/s1. The normalized spacial score (nSPS) is 18.1. The van der Waals surface area contributed by atoms with Crippen LogP contribution in [0.1, 0.15) is 39.3 Å². The Morgan fingerprint density at radius 3 is 2.44 bits per heavy atom. The first-order chi connectivity index (χ1) is 16.0. The molecule has 13 heteroatoms.